The van der Waals surface area contributed by atoms with E-state index in [2.05, 4.69) is 5.32 Å². The number of nitrogens with zero attached hydrogens (tertiary/aromatic N) is 1. The van der Waals surface area contributed by atoms with Crippen molar-refractivity contribution in [2.24, 2.45) is 5.92 Å². The second kappa shape index (κ2) is 10.7. The molecule has 1 fully saturated rings. The first-order chi connectivity index (χ1) is 15.2. The number of aryl methyl sites for hydroxylation is 1. The Morgan fingerprint density at radius 3 is 2.72 bits per heavy atom. The third-order valence-corrected chi connectivity index (χ3v) is 7.98. The first kappa shape index (κ1) is 24.6. The minimum absolute atomic E-state index is 0.104. The zero-order valence-electron chi connectivity index (χ0n) is 18.8. The molecule has 0 aromatic heterocycles. The monoisotopic (exact) mass is 478 g/mol. The molecule has 0 saturated carbocycles. The van der Waals surface area contributed by atoms with Crippen molar-refractivity contribution in [3.05, 3.63) is 64.2 Å². The van der Waals surface area contributed by atoms with Crippen molar-refractivity contribution in [2.45, 2.75) is 44.9 Å². The molecule has 1 N–H and O–H groups in total. The third-order valence-electron chi connectivity index (χ3n) is 5.93. The average Bonchev–Trinajstić information content (AvgIpc) is 2.77. The van der Waals surface area contributed by atoms with Crippen LogP contribution in [0.25, 0.3) is 0 Å². The number of halogens is 1. The summed E-state index contributed by atoms with van der Waals surface area (Å²) >= 11 is 6.00. The van der Waals surface area contributed by atoms with E-state index in [1.54, 1.807) is 31.4 Å². The minimum Gasteiger partial charge on any atom is -0.496 e. The molecule has 1 aliphatic rings. The molecule has 1 amide bonds. The molecule has 1 heterocycles. The number of benzene rings is 2. The molecule has 2 atom stereocenters. The topological polar surface area (TPSA) is 75.7 Å². The van der Waals surface area contributed by atoms with Crippen molar-refractivity contribution in [1.82, 2.24) is 9.62 Å². The van der Waals surface area contributed by atoms with Gasteiger partial charge < -0.3 is 10.1 Å². The van der Waals surface area contributed by atoms with Crippen LogP contribution in [-0.4, -0.2) is 38.8 Å². The Morgan fingerprint density at radius 1 is 1.28 bits per heavy atom. The summed E-state index contributed by atoms with van der Waals surface area (Å²) in [5, 5.41) is 3.64. The number of amides is 1. The van der Waals surface area contributed by atoms with Gasteiger partial charge in [-0.3, -0.25) is 4.79 Å². The second-order valence-corrected chi connectivity index (χ2v) is 10.7. The van der Waals surface area contributed by atoms with Crippen LogP contribution in [0.15, 0.2) is 42.5 Å². The molecule has 3 rings (SSSR count). The Morgan fingerprint density at radius 2 is 2.06 bits per heavy atom. The number of carbonyl (C=O) groups excluding carboxylic acids is 1. The maximum atomic E-state index is 13.0. The number of carbonyl (C=O) groups is 1. The normalized spacial score (nSPS) is 18.2. The van der Waals surface area contributed by atoms with Crippen LogP contribution in [0.2, 0.25) is 5.02 Å². The molecular weight excluding hydrogens is 448 g/mol. The molecule has 1 aliphatic heterocycles. The van der Waals surface area contributed by atoms with E-state index in [4.69, 9.17) is 16.3 Å². The van der Waals surface area contributed by atoms with E-state index in [1.807, 2.05) is 32.0 Å². The molecule has 0 aliphatic carbocycles. The minimum atomic E-state index is -3.54. The number of sulfonamides is 1. The Balaban J connectivity index is 1.67. The van der Waals surface area contributed by atoms with E-state index in [9.17, 15) is 13.2 Å². The van der Waals surface area contributed by atoms with Crippen LogP contribution in [0.3, 0.4) is 0 Å². The van der Waals surface area contributed by atoms with Crippen LogP contribution in [0.1, 0.15) is 48.9 Å². The Bertz CT molecular complexity index is 1060. The predicted molar refractivity (Wildman–Crippen MR) is 127 cm³/mol. The van der Waals surface area contributed by atoms with Crippen LogP contribution >= 0.6 is 11.6 Å². The number of piperidine rings is 1. The highest BCUT2D eigenvalue weighted by molar-refractivity contribution is 7.88. The Hall–Kier alpha value is -2.09. The van der Waals surface area contributed by atoms with Gasteiger partial charge in [-0.15, -0.1) is 0 Å². The number of methoxy groups -OCH3 is 1. The highest BCUT2D eigenvalue weighted by atomic mass is 35.5. The second-order valence-electron chi connectivity index (χ2n) is 8.28. The lowest BCUT2D eigenvalue weighted by Gasteiger charge is -2.32. The molecule has 6 nitrogen and oxygen atoms in total. The number of nitrogens with one attached hydrogen (secondary N) is 1. The fraction of sp³-hybridized carbons (Fsp3) is 0.458. The SMILES string of the molecule is CC[C@@H](NC(=O)[C@@H]1CCCN(S(=O)(=O)Cc2cccc(Cl)c2)C1)c1ccc(OC)c(C)c1. The van der Waals surface area contributed by atoms with Crippen molar-refractivity contribution in [1.29, 1.82) is 0 Å². The first-order valence-electron chi connectivity index (χ1n) is 10.9. The molecule has 1 saturated heterocycles. The van der Waals surface area contributed by atoms with E-state index < -0.39 is 10.0 Å². The van der Waals surface area contributed by atoms with Crippen molar-refractivity contribution >= 4 is 27.5 Å². The largest absolute Gasteiger partial charge is 0.496 e. The summed E-state index contributed by atoms with van der Waals surface area (Å²) in [6.07, 6.45) is 2.07. The van der Waals surface area contributed by atoms with Gasteiger partial charge in [0.1, 0.15) is 5.75 Å². The van der Waals surface area contributed by atoms with Gasteiger partial charge in [0, 0.05) is 18.1 Å². The molecule has 0 unspecified atom stereocenters. The van der Waals surface area contributed by atoms with Crippen LogP contribution in [-0.2, 0) is 20.6 Å². The summed E-state index contributed by atoms with van der Waals surface area (Å²) in [6, 6.07) is 12.6. The van der Waals surface area contributed by atoms with Crippen molar-refractivity contribution in [3.8, 4) is 5.75 Å². The summed E-state index contributed by atoms with van der Waals surface area (Å²) in [5.74, 6) is 0.215. The van der Waals surface area contributed by atoms with E-state index in [-0.39, 0.29) is 30.2 Å². The van der Waals surface area contributed by atoms with Crippen molar-refractivity contribution in [3.63, 3.8) is 0 Å². The maximum absolute atomic E-state index is 13.0. The zero-order valence-corrected chi connectivity index (χ0v) is 20.4. The summed E-state index contributed by atoms with van der Waals surface area (Å²) in [7, 11) is -1.90. The van der Waals surface area contributed by atoms with Crippen molar-refractivity contribution < 1.29 is 17.9 Å². The van der Waals surface area contributed by atoms with Gasteiger partial charge in [-0.05, 0) is 61.1 Å². The highest BCUT2D eigenvalue weighted by Crippen LogP contribution is 2.26. The fourth-order valence-corrected chi connectivity index (χ4v) is 5.98. The van der Waals surface area contributed by atoms with Crippen LogP contribution in [0, 0.1) is 12.8 Å². The number of ether oxygens (including phenoxy) is 1. The van der Waals surface area contributed by atoms with Crippen LogP contribution in [0.5, 0.6) is 5.75 Å². The average molecular weight is 479 g/mol. The lowest BCUT2D eigenvalue weighted by molar-refractivity contribution is -0.126. The quantitative estimate of drug-likeness (QED) is 0.607. The van der Waals surface area contributed by atoms with Gasteiger partial charge in [0.2, 0.25) is 15.9 Å². The molecule has 8 heteroatoms. The molecule has 0 bridgehead atoms. The fourth-order valence-electron chi connectivity index (χ4n) is 4.17. The lowest BCUT2D eigenvalue weighted by atomic mass is 9.96. The first-order valence-corrected chi connectivity index (χ1v) is 12.9. The van der Waals surface area contributed by atoms with Crippen LogP contribution in [0.4, 0.5) is 0 Å². The molecular formula is C24H31ClN2O4S. The number of rotatable bonds is 8. The van der Waals surface area contributed by atoms with Gasteiger partial charge in [-0.1, -0.05) is 42.8 Å². The Kier molecular flexibility index (Phi) is 8.20. The third kappa shape index (κ3) is 6.03. The van der Waals surface area contributed by atoms with E-state index in [0.717, 1.165) is 23.3 Å². The smallest absolute Gasteiger partial charge is 0.224 e. The summed E-state index contributed by atoms with van der Waals surface area (Å²) < 4.78 is 32.7. The van der Waals surface area contributed by atoms with Crippen LogP contribution < -0.4 is 10.1 Å². The zero-order chi connectivity index (χ0) is 23.3. The Labute approximate surface area is 196 Å². The molecule has 32 heavy (non-hydrogen) atoms. The predicted octanol–water partition coefficient (Wildman–Crippen LogP) is 4.47. The van der Waals surface area contributed by atoms with Gasteiger partial charge >= 0.3 is 0 Å². The van der Waals surface area contributed by atoms with Gasteiger partial charge in [0.05, 0.1) is 24.8 Å². The van der Waals surface area contributed by atoms with E-state index in [1.165, 1.54) is 4.31 Å². The molecule has 2 aromatic carbocycles. The summed E-state index contributed by atoms with van der Waals surface area (Å²) in [6.45, 7) is 4.63. The van der Waals surface area contributed by atoms with Gasteiger partial charge in [-0.25, -0.2) is 12.7 Å². The lowest BCUT2D eigenvalue weighted by Crippen LogP contribution is -2.46. The van der Waals surface area contributed by atoms with E-state index in [0.29, 0.717) is 30.0 Å². The standard InChI is InChI=1S/C24H31ClN2O4S/c1-4-22(19-10-11-23(31-3)17(2)13-19)26-24(28)20-8-6-12-27(15-20)32(29,30)16-18-7-5-9-21(25)14-18/h5,7,9-11,13-14,20,22H,4,6,8,12,15-16H2,1-3H3,(H,26,28)/t20-,22-/m1/s1. The highest BCUT2D eigenvalue weighted by Gasteiger charge is 2.33. The summed E-state index contributed by atoms with van der Waals surface area (Å²) in [4.78, 5) is 13.0. The number of hydrogen-bond donors (Lipinski definition) is 1. The molecule has 0 spiro atoms. The van der Waals surface area contributed by atoms with Gasteiger partial charge in [-0.2, -0.15) is 0 Å². The molecule has 2 aromatic rings. The van der Waals surface area contributed by atoms with Crippen molar-refractivity contribution in [2.75, 3.05) is 20.2 Å². The number of hydrogen-bond acceptors (Lipinski definition) is 4. The van der Waals surface area contributed by atoms with Gasteiger partial charge in [0.25, 0.3) is 0 Å². The van der Waals surface area contributed by atoms with E-state index >= 15 is 0 Å². The molecule has 174 valence electrons. The molecule has 0 radical (unpaired) electrons. The maximum Gasteiger partial charge on any atom is 0.224 e. The van der Waals surface area contributed by atoms with Gasteiger partial charge in [0.15, 0.2) is 0 Å². The summed E-state index contributed by atoms with van der Waals surface area (Å²) in [5.41, 5.74) is 2.67.